The van der Waals surface area contributed by atoms with E-state index in [0.717, 1.165) is 16.8 Å². The predicted molar refractivity (Wildman–Crippen MR) is 84.1 cm³/mol. The highest BCUT2D eigenvalue weighted by molar-refractivity contribution is 9.10. The van der Waals surface area contributed by atoms with Crippen LogP contribution in [0, 0.1) is 11.8 Å². The van der Waals surface area contributed by atoms with Crippen LogP contribution in [0.2, 0.25) is 0 Å². The Morgan fingerprint density at radius 2 is 2.20 bits per heavy atom. The minimum Gasteiger partial charge on any atom is -0.497 e. The lowest BCUT2D eigenvalue weighted by atomic mass is 9.93. The molecule has 0 saturated heterocycles. The Hall–Kier alpha value is -1.03. The van der Waals surface area contributed by atoms with Crippen LogP contribution in [0.25, 0.3) is 0 Å². The highest BCUT2D eigenvalue weighted by Gasteiger charge is 2.32. The number of ether oxygens (including phenoxy) is 1. The molecule has 2 rings (SSSR count). The molecule has 0 aromatic heterocycles. The van der Waals surface area contributed by atoms with Gasteiger partial charge in [-0.2, -0.15) is 0 Å². The van der Waals surface area contributed by atoms with Gasteiger partial charge in [0.2, 0.25) is 0 Å². The van der Waals surface area contributed by atoms with Gasteiger partial charge in [-0.15, -0.1) is 0 Å². The molecule has 0 heterocycles. The summed E-state index contributed by atoms with van der Waals surface area (Å²) in [6, 6.07) is 5.74. The summed E-state index contributed by atoms with van der Waals surface area (Å²) >= 11 is 3.43. The number of amides is 1. The normalized spacial score (nSPS) is 25.5. The lowest BCUT2D eigenvalue weighted by Crippen LogP contribution is -2.37. The van der Waals surface area contributed by atoms with Gasteiger partial charge in [-0.25, -0.2) is 0 Å². The van der Waals surface area contributed by atoms with E-state index >= 15 is 0 Å². The van der Waals surface area contributed by atoms with Crippen molar-refractivity contribution < 1.29 is 9.53 Å². The van der Waals surface area contributed by atoms with Crippen molar-refractivity contribution >= 4 is 21.8 Å². The van der Waals surface area contributed by atoms with E-state index < -0.39 is 0 Å². The van der Waals surface area contributed by atoms with E-state index in [-0.39, 0.29) is 11.9 Å². The van der Waals surface area contributed by atoms with Crippen molar-refractivity contribution in [3.8, 4) is 5.75 Å². The summed E-state index contributed by atoms with van der Waals surface area (Å²) in [5.74, 6) is 1.95. The minimum absolute atomic E-state index is 0.0237. The van der Waals surface area contributed by atoms with Crippen molar-refractivity contribution in [2.45, 2.75) is 39.2 Å². The first-order chi connectivity index (χ1) is 9.56. The topological polar surface area (TPSA) is 38.3 Å². The van der Waals surface area contributed by atoms with Crippen molar-refractivity contribution in [2.24, 2.45) is 11.8 Å². The van der Waals surface area contributed by atoms with Crippen LogP contribution in [0.5, 0.6) is 5.75 Å². The third-order valence-electron chi connectivity index (χ3n) is 4.49. The van der Waals surface area contributed by atoms with E-state index in [2.05, 4.69) is 35.1 Å². The van der Waals surface area contributed by atoms with Gasteiger partial charge >= 0.3 is 0 Å². The smallest absolute Gasteiger partial charge is 0.252 e. The molecule has 0 spiro atoms. The minimum atomic E-state index is -0.0237. The predicted octanol–water partition coefficient (Wildman–Crippen LogP) is 4.01. The molecule has 1 aliphatic rings. The standard InChI is InChI=1S/C16H22BrNO2/c1-4-11-5-8-15(10(11)2)18-16(19)13-9-12(20-3)6-7-14(13)17/h6-7,9-11,15H,4-5,8H2,1-3H3,(H,18,19). The Balaban J connectivity index is 2.09. The molecule has 3 unspecified atom stereocenters. The van der Waals surface area contributed by atoms with Crippen LogP contribution in [0.4, 0.5) is 0 Å². The molecule has 1 aromatic rings. The van der Waals surface area contributed by atoms with Crippen LogP contribution >= 0.6 is 15.9 Å². The van der Waals surface area contributed by atoms with Gasteiger partial charge in [-0.3, -0.25) is 4.79 Å². The van der Waals surface area contributed by atoms with Crippen molar-refractivity contribution in [3.63, 3.8) is 0 Å². The highest BCUT2D eigenvalue weighted by atomic mass is 79.9. The maximum atomic E-state index is 12.4. The molecule has 110 valence electrons. The molecule has 20 heavy (non-hydrogen) atoms. The summed E-state index contributed by atoms with van der Waals surface area (Å²) in [7, 11) is 1.61. The van der Waals surface area contributed by atoms with E-state index in [1.54, 1.807) is 13.2 Å². The van der Waals surface area contributed by atoms with Crippen molar-refractivity contribution in [1.29, 1.82) is 0 Å². The molecule has 1 aliphatic carbocycles. The van der Waals surface area contributed by atoms with Crippen LogP contribution in [0.15, 0.2) is 22.7 Å². The lowest BCUT2D eigenvalue weighted by Gasteiger charge is -2.21. The summed E-state index contributed by atoms with van der Waals surface area (Å²) in [5.41, 5.74) is 0.636. The van der Waals surface area contributed by atoms with Crippen LogP contribution in [0.3, 0.4) is 0 Å². The molecule has 1 fully saturated rings. The average molecular weight is 340 g/mol. The number of hydrogen-bond donors (Lipinski definition) is 1. The first-order valence-corrected chi connectivity index (χ1v) is 8.00. The number of carbonyl (C=O) groups excluding carboxylic acids is 1. The van der Waals surface area contributed by atoms with E-state index in [4.69, 9.17) is 4.74 Å². The molecule has 0 aliphatic heterocycles. The van der Waals surface area contributed by atoms with Gasteiger partial charge in [0.1, 0.15) is 5.75 Å². The van der Waals surface area contributed by atoms with E-state index in [1.807, 2.05) is 12.1 Å². The van der Waals surface area contributed by atoms with Gasteiger partial charge in [0, 0.05) is 10.5 Å². The Morgan fingerprint density at radius 1 is 1.45 bits per heavy atom. The van der Waals surface area contributed by atoms with Gasteiger partial charge in [-0.1, -0.05) is 20.3 Å². The zero-order chi connectivity index (χ0) is 14.7. The van der Waals surface area contributed by atoms with Gasteiger partial charge in [0.15, 0.2) is 0 Å². The number of carbonyl (C=O) groups is 1. The summed E-state index contributed by atoms with van der Waals surface area (Å²) in [4.78, 5) is 12.4. The highest BCUT2D eigenvalue weighted by Crippen LogP contribution is 2.34. The van der Waals surface area contributed by atoms with Crippen LogP contribution in [-0.4, -0.2) is 19.1 Å². The third kappa shape index (κ3) is 3.17. The second-order valence-corrected chi connectivity index (χ2v) is 6.38. The molecule has 0 radical (unpaired) electrons. The SMILES string of the molecule is CCC1CCC(NC(=O)c2cc(OC)ccc2Br)C1C. The Morgan fingerprint density at radius 3 is 2.80 bits per heavy atom. The monoisotopic (exact) mass is 339 g/mol. The largest absolute Gasteiger partial charge is 0.497 e. The third-order valence-corrected chi connectivity index (χ3v) is 5.18. The number of methoxy groups -OCH3 is 1. The van der Waals surface area contributed by atoms with Gasteiger partial charge < -0.3 is 10.1 Å². The molecule has 1 aromatic carbocycles. The zero-order valence-electron chi connectivity index (χ0n) is 12.3. The summed E-state index contributed by atoms with van der Waals surface area (Å²) in [6.07, 6.45) is 3.48. The maximum absolute atomic E-state index is 12.4. The Labute approximate surface area is 129 Å². The molecular weight excluding hydrogens is 318 g/mol. The van der Waals surface area contributed by atoms with Crippen molar-refractivity contribution in [2.75, 3.05) is 7.11 Å². The van der Waals surface area contributed by atoms with Crippen LogP contribution in [-0.2, 0) is 0 Å². The fourth-order valence-electron chi connectivity index (χ4n) is 3.08. The Kier molecular flexibility index (Phi) is 5.08. The number of halogens is 1. The zero-order valence-corrected chi connectivity index (χ0v) is 13.9. The lowest BCUT2D eigenvalue weighted by molar-refractivity contribution is 0.0925. The first-order valence-electron chi connectivity index (χ1n) is 7.21. The molecule has 1 N–H and O–H groups in total. The summed E-state index contributed by atoms with van der Waals surface area (Å²) in [6.45, 7) is 4.47. The molecular formula is C16H22BrNO2. The average Bonchev–Trinajstić information content (AvgIpc) is 2.80. The van der Waals surface area contributed by atoms with Gasteiger partial charge in [0.25, 0.3) is 5.91 Å². The van der Waals surface area contributed by atoms with Crippen LogP contribution < -0.4 is 10.1 Å². The molecule has 1 amide bonds. The summed E-state index contributed by atoms with van der Waals surface area (Å²) in [5, 5.41) is 3.18. The number of nitrogens with one attached hydrogen (secondary N) is 1. The quantitative estimate of drug-likeness (QED) is 0.899. The summed E-state index contributed by atoms with van der Waals surface area (Å²) < 4.78 is 5.98. The van der Waals surface area contributed by atoms with Crippen molar-refractivity contribution in [3.05, 3.63) is 28.2 Å². The van der Waals surface area contributed by atoms with E-state index in [9.17, 15) is 4.79 Å². The van der Waals surface area contributed by atoms with Gasteiger partial charge in [0.05, 0.1) is 12.7 Å². The molecule has 3 atom stereocenters. The molecule has 0 bridgehead atoms. The second-order valence-electron chi connectivity index (χ2n) is 5.53. The maximum Gasteiger partial charge on any atom is 0.252 e. The molecule has 1 saturated carbocycles. The van der Waals surface area contributed by atoms with Crippen LogP contribution in [0.1, 0.15) is 43.5 Å². The number of benzene rings is 1. The first kappa shape index (κ1) is 15.4. The second kappa shape index (κ2) is 6.61. The van der Waals surface area contributed by atoms with Crippen molar-refractivity contribution in [1.82, 2.24) is 5.32 Å². The number of rotatable bonds is 4. The van der Waals surface area contributed by atoms with E-state index in [0.29, 0.717) is 17.2 Å². The fraction of sp³-hybridized carbons (Fsp3) is 0.562. The van der Waals surface area contributed by atoms with E-state index in [1.165, 1.54) is 12.8 Å². The fourth-order valence-corrected chi connectivity index (χ4v) is 3.51. The van der Waals surface area contributed by atoms with Gasteiger partial charge in [-0.05, 0) is 58.8 Å². The number of hydrogen-bond acceptors (Lipinski definition) is 2. The Bertz CT molecular complexity index is 489. The molecule has 4 heteroatoms. The molecule has 3 nitrogen and oxygen atoms in total.